The Balaban J connectivity index is 1.40. The summed E-state index contributed by atoms with van der Waals surface area (Å²) >= 11 is 6.10. The Kier molecular flexibility index (Phi) is 7.21. The van der Waals surface area contributed by atoms with Crippen molar-refractivity contribution < 1.29 is 27.8 Å². The number of alkyl halides is 3. The molecule has 2 aromatic heterocycles. The summed E-state index contributed by atoms with van der Waals surface area (Å²) in [5.41, 5.74) is 5.83. The summed E-state index contributed by atoms with van der Waals surface area (Å²) in [6, 6.07) is 4.71. The van der Waals surface area contributed by atoms with E-state index in [9.17, 15) is 23.1 Å². The number of carboxylic acids is 1. The largest absolute Gasteiger partial charge is 0.480 e. The van der Waals surface area contributed by atoms with Gasteiger partial charge in [0.15, 0.2) is 0 Å². The van der Waals surface area contributed by atoms with Gasteiger partial charge in [-0.2, -0.15) is 23.1 Å². The first-order valence-corrected chi connectivity index (χ1v) is 12.6. The second-order valence-electron chi connectivity index (χ2n) is 9.75. The average molecular weight is 564 g/mol. The van der Waals surface area contributed by atoms with Crippen LogP contribution in [0.1, 0.15) is 30.9 Å². The predicted octanol–water partition coefficient (Wildman–Crippen LogP) is 3.88. The van der Waals surface area contributed by atoms with Crippen LogP contribution in [0, 0.1) is 5.41 Å². The average Bonchev–Trinajstić information content (AvgIpc) is 3.31. The molecule has 4 N–H and O–H groups in total. The Morgan fingerprint density at radius 1 is 1.23 bits per heavy atom. The normalized spacial score (nSPS) is 19.7. The van der Waals surface area contributed by atoms with Gasteiger partial charge in [0.1, 0.15) is 11.9 Å². The van der Waals surface area contributed by atoms with Gasteiger partial charge < -0.3 is 25.8 Å². The minimum absolute atomic E-state index is 0.117. The van der Waals surface area contributed by atoms with Gasteiger partial charge in [-0.05, 0) is 36.8 Å². The third-order valence-electron chi connectivity index (χ3n) is 7.19. The predicted molar refractivity (Wildman–Crippen MR) is 136 cm³/mol. The van der Waals surface area contributed by atoms with E-state index in [1.54, 1.807) is 0 Å². The summed E-state index contributed by atoms with van der Waals surface area (Å²) in [7, 11) is 0. The number of nitrogens with one attached hydrogen (secondary N) is 1. The molecule has 0 amide bonds. The van der Waals surface area contributed by atoms with Gasteiger partial charge in [0.05, 0.1) is 11.9 Å². The molecule has 0 bridgehead atoms. The molecule has 14 heteroatoms. The lowest BCUT2D eigenvalue weighted by Crippen LogP contribution is -2.41. The second kappa shape index (κ2) is 10.5. The number of nitrogens with two attached hydrogens (primary N) is 1. The minimum Gasteiger partial charge on any atom is -0.480 e. The molecule has 2 atom stereocenters. The van der Waals surface area contributed by atoms with Gasteiger partial charge in [-0.15, -0.1) is 0 Å². The van der Waals surface area contributed by atoms with Crippen LogP contribution in [0.4, 0.5) is 24.9 Å². The Hall–Kier alpha value is -3.71. The van der Waals surface area contributed by atoms with Crippen LogP contribution in [0.5, 0.6) is 5.88 Å². The summed E-state index contributed by atoms with van der Waals surface area (Å²) < 4.78 is 48.6. The quantitative estimate of drug-likeness (QED) is 0.405. The molecule has 0 unspecified atom stereocenters. The number of nitrogen functional groups attached to an aromatic ring is 1. The van der Waals surface area contributed by atoms with Gasteiger partial charge in [0.2, 0.25) is 17.9 Å². The maximum Gasteiger partial charge on any atom is 0.429 e. The molecule has 2 aliphatic heterocycles. The van der Waals surface area contributed by atoms with Crippen molar-refractivity contribution in [3.8, 4) is 17.1 Å². The highest BCUT2D eigenvalue weighted by Crippen LogP contribution is 2.43. The van der Waals surface area contributed by atoms with Gasteiger partial charge in [0.25, 0.3) is 0 Å². The Labute approximate surface area is 226 Å². The van der Waals surface area contributed by atoms with E-state index in [1.165, 1.54) is 42.9 Å². The van der Waals surface area contributed by atoms with E-state index in [1.807, 2.05) is 4.90 Å². The molecule has 1 spiro atoms. The van der Waals surface area contributed by atoms with Gasteiger partial charge in [-0.1, -0.05) is 17.7 Å². The van der Waals surface area contributed by atoms with E-state index in [2.05, 4.69) is 25.3 Å². The zero-order valence-corrected chi connectivity index (χ0v) is 21.3. The molecule has 2 fully saturated rings. The van der Waals surface area contributed by atoms with Crippen molar-refractivity contribution in [3.63, 3.8) is 0 Å². The SMILES string of the molecule is Nc1nc(O[C@H](c2ccc(Cl)cc2-c2cnccn2)C(F)(F)F)cc(N2CCC3(CC2)CN[C@H](C(=O)O)C3)n1. The molecule has 5 rings (SSSR count). The van der Waals surface area contributed by atoms with Crippen LogP contribution in [0.25, 0.3) is 11.3 Å². The first-order chi connectivity index (χ1) is 18.5. The van der Waals surface area contributed by atoms with Crippen LogP contribution >= 0.6 is 11.6 Å². The minimum atomic E-state index is -4.82. The highest BCUT2D eigenvalue weighted by atomic mass is 35.5. The molecular formula is C25H25ClF3N7O3. The zero-order valence-electron chi connectivity index (χ0n) is 20.5. The van der Waals surface area contributed by atoms with Crippen LogP contribution in [0.3, 0.4) is 0 Å². The summed E-state index contributed by atoms with van der Waals surface area (Å²) in [5.74, 6) is -1.11. The molecule has 4 heterocycles. The molecule has 39 heavy (non-hydrogen) atoms. The van der Waals surface area contributed by atoms with Crippen LogP contribution in [-0.4, -0.2) is 62.9 Å². The molecule has 206 valence electrons. The topological polar surface area (TPSA) is 139 Å². The van der Waals surface area contributed by atoms with Gasteiger partial charge in [-0.3, -0.25) is 14.8 Å². The van der Waals surface area contributed by atoms with Crippen molar-refractivity contribution in [3.05, 3.63) is 53.4 Å². The maximum absolute atomic E-state index is 14.4. The smallest absolute Gasteiger partial charge is 0.429 e. The summed E-state index contributed by atoms with van der Waals surface area (Å²) in [6.07, 6.45) is -1.19. The van der Waals surface area contributed by atoms with Gasteiger partial charge >= 0.3 is 12.1 Å². The number of ether oxygens (including phenoxy) is 1. The Morgan fingerprint density at radius 2 is 2.00 bits per heavy atom. The third kappa shape index (κ3) is 5.83. The molecule has 3 aromatic rings. The molecule has 0 radical (unpaired) electrons. The van der Waals surface area contributed by atoms with E-state index in [-0.39, 0.29) is 39.1 Å². The lowest BCUT2D eigenvalue weighted by atomic mass is 9.76. The number of nitrogens with zero attached hydrogens (tertiary/aromatic N) is 5. The highest BCUT2D eigenvalue weighted by Gasteiger charge is 2.46. The number of rotatable bonds is 6. The number of anilines is 2. The van der Waals surface area contributed by atoms with E-state index in [4.69, 9.17) is 22.1 Å². The van der Waals surface area contributed by atoms with E-state index in [0.29, 0.717) is 44.7 Å². The monoisotopic (exact) mass is 563 g/mol. The van der Waals surface area contributed by atoms with Crippen molar-refractivity contribution in [2.45, 2.75) is 37.6 Å². The molecule has 2 saturated heterocycles. The van der Waals surface area contributed by atoms with Crippen molar-refractivity contribution >= 4 is 29.3 Å². The van der Waals surface area contributed by atoms with Crippen molar-refractivity contribution in [2.24, 2.45) is 5.41 Å². The third-order valence-corrected chi connectivity index (χ3v) is 7.42. The van der Waals surface area contributed by atoms with Crippen LogP contribution in [0.15, 0.2) is 42.9 Å². The fourth-order valence-corrected chi connectivity index (χ4v) is 5.35. The fourth-order valence-electron chi connectivity index (χ4n) is 5.18. The number of carboxylic acid groups (broad SMARTS) is 1. The van der Waals surface area contributed by atoms with Crippen LogP contribution in [-0.2, 0) is 4.79 Å². The molecule has 2 aliphatic rings. The molecule has 0 aliphatic carbocycles. The number of halogens is 4. The number of hydrogen-bond acceptors (Lipinski definition) is 9. The summed E-state index contributed by atoms with van der Waals surface area (Å²) in [6.45, 7) is 1.65. The number of piperidine rings is 1. The molecule has 0 saturated carbocycles. The number of carbonyl (C=O) groups is 1. The van der Waals surface area contributed by atoms with Crippen LogP contribution in [0.2, 0.25) is 5.02 Å². The number of hydrogen-bond donors (Lipinski definition) is 3. The number of aromatic nitrogens is 4. The van der Waals surface area contributed by atoms with Crippen LogP contribution < -0.4 is 20.7 Å². The summed E-state index contributed by atoms with van der Waals surface area (Å²) in [4.78, 5) is 29.5. The first-order valence-electron chi connectivity index (χ1n) is 12.2. The van der Waals surface area contributed by atoms with E-state index < -0.39 is 24.3 Å². The first kappa shape index (κ1) is 26.9. The molecule has 10 nitrogen and oxygen atoms in total. The van der Waals surface area contributed by atoms with Crippen molar-refractivity contribution in [1.82, 2.24) is 25.3 Å². The number of benzene rings is 1. The van der Waals surface area contributed by atoms with Gasteiger partial charge in [-0.25, -0.2) is 0 Å². The lowest BCUT2D eigenvalue weighted by molar-refractivity contribution is -0.198. The number of aliphatic carboxylic acids is 1. The second-order valence-corrected chi connectivity index (χ2v) is 10.2. The van der Waals surface area contributed by atoms with Crippen molar-refractivity contribution in [1.29, 1.82) is 0 Å². The zero-order chi connectivity index (χ0) is 27.8. The molecule has 1 aromatic carbocycles. The maximum atomic E-state index is 14.4. The van der Waals surface area contributed by atoms with Crippen molar-refractivity contribution in [2.75, 3.05) is 30.3 Å². The lowest BCUT2D eigenvalue weighted by Gasteiger charge is -2.39. The van der Waals surface area contributed by atoms with E-state index >= 15 is 0 Å². The fraction of sp³-hybridized carbons (Fsp3) is 0.400. The Morgan fingerprint density at radius 3 is 2.64 bits per heavy atom. The standard InChI is InChI=1S/C25H25ClF3N7O3/c26-14-1-2-15(16(9-14)18-12-31-5-6-32-18)21(25(27,28)29)39-20-10-19(34-23(30)35-20)36-7-3-24(4-8-36)11-17(22(37)38)33-13-24/h1-2,5-6,9-10,12,17,21,33H,3-4,7-8,11,13H2,(H,37,38)(H2,30,34,35)/t17-,21+/m0/s1. The highest BCUT2D eigenvalue weighted by molar-refractivity contribution is 6.30. The summed E-state index contributed by atoms with van der Waals surface area (Å²) in [5, 5.41) is 12.6. The molecular weight excluding hydrogens is 539 g/mol. The van der Waals surface area contributed by atoms with E-state index in [0.717, 1.165) is 0 Å². The Bertz CT molecular complexity index is 1350. The van der Waals surface area contributed by atoms with Gasteiger partial charge in [0, 0.05) is 54.2 Å².